The van der Waals surface area contributed by atoms with Gasteiger partial charge in [-0.1, -0.05) is 44.1 Å². The van der Waals surface area contributed by atoms with Crippen LogP contribution in [0.15, 0.2) is 30.3 Å². The van der Waals surface area contributed by atoms with Gasteiger partial charge in [0.2, 0.25) is 0 Å². The first-order valence-electron chi connectivity index (χ1n) is 6.39. The first-order chi connectivity index (χ1) is 8.38. The van der Waals surface area contributed by atoms with Crippen molar-refractivity contribution in [1.29, 1.82) is 0 Å². The normalized spacial score (nSPS) is 18.5. The van der Waals surface area contributed by atoms with Crippen LogP contribution in [-0.2, 0) is 4.74 Å². The van der Waals surface area contributed by atoms with Crippen LogP contribution < -0.4 is 4.74 Å². The minimum atomic E-state index is 0.318. The van der Waals surface area contributed by atoms with Crippen LogP contribution in [0.1, 0.15) is 31.7 Å². The van der Waals surface area contributed by atoms with Crippen molar-refractivity contribution in [3.8, 4) is 5.75 Å². The number of ether oxygens (including phenoxy) is 2. The molecule has 0 aliphatic carbocycles. The Kier molecular flexibility index (Phi) is 4.63. The summed E-state index contributed by atoms with van der Waals surface area (Å²) < 4.78 is 10.8. The molecule has 0 spiro atoms. The molecule has 1 heterocycles. The van der Waals surface area contributed by atoms with Crippen LogP contribution >= 0.6 is 0 Å². The lowest BCUT2D eigenvalue weighted by Gasteiger charge is -2.04. The zero-order chi connectivity index (χ0) is 11.9. The van der Waals surface area contributed by atoms with E-state index in [9.17, 15) is 0 Å². The molecule has 1 unspecified atom stereocenters. The lowest BCUT2D eigenvalue weighted by atomic mass is 10.1. The van der Waals surface area contributed by atoms with E-state index in [1.807, 2.05) is 12.1 Å². The van der Waals surface area contributed by atoms with Crippen molar-refractivity contribution < 1.29 is 9.47 Å². The standard InChI is InChI=1S/C15H20O2/c1-2-3-4-5-7-13-8-6-9-14(10-13)16-11-15-12-17-15/h5-10,15H,2-4,11-12H2,1H3/b7-5+. The van der Waals surface area contributed by atoms with Gasteiger partial charge in [0.15, 0.2) is 0 Å². The summed E-state index contributed by atoms with van der Waals surface area (Å²) in [5, 5.41) is 0. The third-order valence-electron chi connectivity index (χ3n) is 2.73. The fraction of sp³-hybridized carbons (Fsp3) is 0.467. The first-order valence-corrected chi connectivity index (χ1v) is 6.39. The summed E-state index contributed by atoms with van der Waals surface area (Å²) >= 11 is 0. The second-order valence-corrected chi connectivity index (χ2v) is 4.38. The fourth-order valence-electron chi connectivity index (χ4n) is 1.60. The van der Waals surface area contributed by atoms with Crippen molar-refractivity contribution in [3.63, 3.8) is 0 Å². The van der Waals surface area contributed by atoms with Gasteiger partial charge in [0, 0.05) is 0 Å². The van der Waals surface area contributed by atoms with E-state index in [0.29, 0.717) is 12.7 Å². The first kappa shape index (κ1) is 12.2. The minimum absolute atomic E-state index is 0.318. The molecule has 1 saturated heterocycles. The van der Waals surface area contributed by atoms with Crippen LogP contribution in [0.4, 0.5) is 0 Å². The van der Waals surface area contributed by atoms with Crippen molar-refractivity contribution >= 4 is 6.08 Å². The quantitative estimate of drug-likeness (QED) is 0.528. The lowest BCUT2D eigenvalue weighted by Crippen LogP contribution is -2.03. The Bertz CT molecular complexity index is 367. The van der Waals surface area contributed by atoms with Crippen LogP contribution in [-0.4, -0.2) is 19.3 Å². The van der Waals surface area contributed by atoms with Gasteiger partial charge in [-0.15, -0.1) is 0 Å². The van der Waals surface area contributed by atoms with E-state index in [1.165, 1.54) is 18.4 Å². The maximum Gasteiger partial charge on any atom is 0.120 e. The Balaban J connectivity index is 1.83. The molecule has 1 aromatic carbocycles. The zero-order valence-corrected chi connectivity index (χ0v) is 10.4. The Labute approximate surface area is 103 Å². The molecular formula is C15H20O2. The summed E-state index contributed by atoms with van der Waals surface area (Å²) in [7, 11) is 0. The van der Waals surface area contributed by atoms with E-state index in [-0.39, 0.29) is 0 Å². The molecule has 2 rings (SSSR count). The number of unbranched alkanes of at least 4 members (excludes halogenated alkanes) is 2. The fourth-order valence-corrected chi connectivity index (χ4v) is 1.60. The van der Waals surface area contributed by atoms with E-state index in [0.717, 1.165) is 18.8 Å². The molecule has 0 saturated carbocycles. The molecule has 0 radical (unpaired) electrons. The molecule has 2 nitrogen and oxygen atoms in total. The third kappa shape index (κ3) is 4.61. The summed E-state index contributed by atoms with van der Waals surface area (Å²) in [6, 6.07) is 8.20. The van der Waals surface area contributed by atoms with Gasteiger partial charge in [0.25, 0.3) is 0 Å². The Hall–Kier alpha value is -1.28. The van der Waals surface area contributed by atoms with E-state index in [2.05, 4.69) is 31.2 Å². The summed E-state index contributed by atoms with van der Waals surface area (Å²) in [6.45, 7) is 3.72. The minimum Gasteiger partial charge on any atom is -0.491 e. The van der Waals surface area contributed by atoms with Crippen molar-refractivity contribution in [2.24, 2.45) is 0 Å². The van der Waals surface area contributed by atoms with Gasteiger partial charge in [0.1, 0.15) is 18.5 Å². The monoisotopic (exact) mass is 232 g/mol. The SMILES string of the molecule is CCCC/C=C/c1cccc(OCC2CO2)c1. The predicted octanol–water partition coefficient (Wildman–Crippen LogP) is 3.67. The van der Waals surface area contributed by atoms with Crippen LogP contribution in [0, 0.1) is 0 Å². The van der Waals surface area contributed by atoms with E-state index in [4.69, 9.17) is 9.47 Å². The molecule has 0 amide bonds. The molecule has 1 aliphatic rings. The van der Waals surface area contributed by atoms with Gasteiger partial charge in [-0.25, -0.2) is 0 Å². The molecule has 1 atom stereocenters. The van der Waals surface area contributed by atoms with Gasteiger partial charge in [0.05, 0.1) is 6.61 Å². The number of hydrogen-bond donors (Lipinski definition) is 0. The molecule has 0 bridgehead atoms. The Morgan fingerprint density at radius 1 is 1.47 bits per heavy atom. The number of hydrogen-bond acceptors (Lipinski definition) is 2. The molecule has 1 aliphatic heterocycles. The van der Waals surface area contributed by atoms with Gasteiger partial charge >= 0.3 is 0 Å². The van der Waals surface area contributed by atoms with Gasteiger partial charge in [-0.2, -0.15) is 0 Å². The zero-order valence-electron chi connectivity index (χ0n) is 10.4. The second-order valence-electron chi connectivity index (χ2n) is 4.38. The highest BCUT2D eigenvalue weighted by atomic mass is 16.6. The van der Waals surface area contributed by atoms with Crippen molar-refractivity contribution in [2.75, 3.05) is 13.2 Å². The Morgan fingerprint density at radius 3 is 3.12 bits per heavy atom. The van der Waals surface area contributed by atoms with E-state index < -0.39 is 0 Å². The molecule has 17 heavy (non-hydrogen) atoms. The van der Waals surface area contributed by atoms with Crippen molar-refractivity contribution in [1.82, 2.24) is 0 Å². The van der Waals surface area contributed by atoms with Gasteiger partial charge < -0.3 is 9.47 Å². The van der Waals surface area contributed by atoms with Crippen LogP contribution in [0.25, 0.3) is 6.08 Å². The average Bonchev–Trinajstić information content (AvgIpc) is 3.17. The summed E-state index contributed by atoms with van der Waals surface area (Å²) in [5.74, 6) is 0.929. The van der Waals surface area contributed by atoms with E-state index in [1.54, 1.807) is 0 Å². The van der Waals surface area contributed by atoms with Crippen molar-refractivity contribution in [2.45, 2.75) is 32.3 Å². The molecular weight excluding hydrogens is 212 g/mol. The summed E-state index contributed by atoms with van der Waals surface area (Å²) in [5.41, 5.74) is 1.20. The van der Waals surface area contributed by atoms with Crippen LogP contribution in [0.3, 0.4) is 0 Å². The number of rotatable bonds is 7. The van der Waals surface area contributed by atoms with E-state index >= 15 is 0 Å². The average molecular weight is 232 g/mol. The van der Waals surface area contributed by atoms with Crippen molar-refractivity contribution in [3.05, 3.63) is 35.9 Å². The second kappa shape index (κ2) is 6.45. The lowest BCUT2D eigenvalue weighted by molar-refractivity contribution is 0.263. The molecule has 0 aromatic heterocycles. The largest absolute Gasteiger partial charge is 0.491 e. The molecule has 1 aromatic rings. The highest BCUT2D eigenvalue weighted by molar-refractivity contribution is 5.51. The molecule has 0 N–H and O–H groups in total. The maximum absolute atomic E-state index is 5.64. The number of benzene rings is 1. The topological polar surface area (TPSA) is 21.8 Å². The van der Waals surface area contributed by atoms with Crippen LogP contribution in [0.2, 0.25) is 0 Å². The molecule has 92 valence electrons. The molecule has 2 heteroatoms. The maximum atomic E-state index is 5.64. The van der Waals surface area contributed by atoms with Gasteiger partial charge in [-0.3, -0.25) is 0 Å². The number of allylic oxidation sites excluding steroid dienone is 1. The van der Waals surface area contributed by atoms with Gasteiger partial charge in [-0.05, 0) is 24.1 Å². The summed E-state index contributed by atoms with van der Waals surface area (Å²) in [4.78, 5) is 0. The Morgan fingerprint density at radius 2 is 2.35 bits per heavy atom. The predicted molar refractivity (Wildman–Crippen MR) is 70.2 cm³/mol. The third-order valence-corrected chi connectivity index (χ3v) is 2.73. The smallest absolute Gasteiger partial charge is 0.120 e. The van der Waals surface area contributed by atoms with Crippen LogP contribution in [0.5, 0.6) is 5.75 Å². The number of epoxide rings is 1. The molecule has 1 fully saturated rings. The highest BCUT2D eigenvalue weighted by Crippen LogP contribution is 2.17. The highest BCUT2D eigenvalue weighted by Gasteiger charge is 2.22. The summed E-state index contributed by atoms with van der Waals surface area (Å²) in [6.07, 6.45) is 8.36.